The van der Waals surface area contributed by atoms with Crippen molar-refractivity contribution in [2.45, 2.75) is 26.7 Å². The van der Waals surface area contributed by atoms with Gasteiger partial charge in [-0.3, -0.25) is 9.78 Å². The molecule has 1 aromatic heterocycles. The van der Waals surface area contributed by atoms with Gasteiger partial charge in [0.2, 0.25) is 0 Å². The number of rotatable bonds is 5. The Morgan fingerprint density at radius 3 is 2.96 bits per heavy atom. The molecule has 0 radical (unpaired) electrons. The van der Waals surface area contributed by atoms with Crippen molar-refractivity contribution in [2.75, 3.05) is 24.6 Å². The van der Waals surface area contributed by atoms with Crippen LogP contribution in [0, 0.1) is 5.41 Å². The Hall–Kier alpha value is -2.30. The number of aromatic nitrogens is 1. The standard InChI is InChI=1S/C18H22N2O3/c1-3-11-23-15-6-4-5-13-14(7-9-19-16(13)15)20-10-8-18(2,12-20)17(21)22/h4-7,9H,3,8,10-12H2,1-2H3,(H,21,22). The van der Waals surface area contributed by atoms with Crippen molar-refractivity contribution < 1.29 is 14.6 Å². The molecule has 1 N–H and O–H groups in total. The molecule has 0 aliphatic carbocycles. The summed E-state index contributed by atoms with van der Waals surface area (Å²) >= 11 is 0. The van der Waals surface area contributed by atoms with E-state index in [0.717, 1.165) is 35.3 Å². The Balaban J connectivity index is 1.98. The second-order valence-corrected chi connectivity index (χ2v) is 6.37. The lowest BCUT2D eigenvalue weighted by Crippen LogP contribution is -2.31. The summed E-state index contributed by atoms with van der Waals surface area (Å²) in [5.41, 5.74) is 1.18. The van der Waals surface area contributed by atoms with Crippen LogP contribution in [-0.2, 0) is 4.79 Å². The Bertz CT molecular complexity index is 731. The van der Waals surface area contributed by atoms with E-state index < -0.39 is 11.4 Å². The zero-order valence-electron chi connectivity index (χ0n) is 13.6. The number of hydrogen-bond acceptors (Lipinski definition) is 4. The van der Waals surface area contributed by atoms with Gasteiger partial charge in [-0.15, -0.1) is 0 Å². The van der Waals surface area contributed by atoms with Gasteiger partial charge in [0.1, 0.15) is 11.3 Å². The molecule has 0 saturated carbocycles. The van der Waals surface area contributed by atoms with E-state index in [1.807, 2.05) is 31.2 Å². The van der Waals surface area contributed by atoms with E-state index in [0.29, 0.717) is 19.6 Å². The van der Waals surface area contributed by atoms with Crippen molar-refractivity contribution in [3.63, 3.8) is 0 Å². The third-order valence-corrected chi connectivity index (χ3v) is 4.50. The molecule has 1 fully saturated rings. The monoisotopic (exact) mass is 314 g/mol. The molecule has 0 bridgehead atoms. The molecule has 3 rings (SSSR count). The molecule has 2 heterocycles. The quantitative estimate of drug-likeness (QED) is 0.917. The highest BCUT2D eigenvalue weighted by Crippen LogP contribution is 2.37. The van der Waals surface area contributed by atoms with Crippen LogP contribution in [-0.4, -0.2) is 35.8 Å². The van der Waals surface area contributed by atoms with Crippen molar-refractivity contribution in [1.82, 2.24) is 4.98 Å². The summed E-state index contributed by atoms with van der Waals surface area (Å²) in [4.78, 5) is 18.1. The maximum Gasteiger partial charge on any atom is 0.311 e. The highest BCUT2D eigenvalue weighted by Gasteiger charge is 2.40. The summed E-state index contributed by atoms with van der Waals surface area (Å²) in [5, 5.41) is 10.4. The highest BCUT2D eigenvalue weighted by molar-refractivity contribution is 5.95. The average molecular weight is 314 g/mol. The topological polar surface area (TPSA) is 62.7 Å². The summed E-state index contributed by atoms with van der Waals surface area (Å²) < 4.78 is 5.79. The second kappa shape index (κ2) is 6.07. The first-order valence-electron chi connectivity index (χ1n) is 8.04. The molecule has 23 heavy (non-hydrogen) atoms. The molecular weight excluding hydrogens is 292 g/mol. The third-order valence-electron chi connectivity index (χ3n) is 4.50. The first kappa shape index (κ1) is 15.6. The minimum atomic E-state index is -0.731. The van der Waals surface area contributed by atoms with Gasteiger partial charge in [-0.1, -0.05) is 19.1 Å². The van der Waals surface area contributed by atoms with Gasteiger partial charge in [0, 0.05) is 30.4 Å². The summed E-state index contributed by atoms with van der Waals surface area (Å²) in [6.45, 7) is 5.80. The molecule has 2 aromatic rings. The third kappa shape index (κ3) is 2.83. The minimum Gasteiger partial charge on any atom is -0.491 e. The van der Waals surface area contributed by atoms with Gasteiger partial charge in [0.15, 0.2) is 0 Å². The van der Waals surface area contributed by atoms with E-state index in [9.17, 15) is 9.90 Å². The maximum atomic E-state index is 11.5. The Labute approximate surface area is 135 Å². The first-order chi connectivity index (χ1) is 11.0. The van der Waals surface area contributed by atoms with Crippen molar-refractivity contribution in [3.8, 4) is 5.75 Å². The van der Waals surface area contributed by atoms with Crippen LogP contribution in [0.4, 0.5) is 5.69 Å². The smallest absolute Gasteiger partial charge is 0.311 e. The fourth-order valence-corrected chi connectivity index (χ4v) is 3.08. The molecule has 1 saturated heterocycles. The predicted molar refractivity (Wildman–Crippen MR) is 90.1 cm³/mol. The SMILES string of the molecule is CCCOc1cccc2c(N3CCC(C)(C(=O)O)C3)ccnc12. The number of hydrogen-bond donors (Lipinski definition) is 1. The van der Waals surface area contributed by atoms with Crippen molar-refractivity contribution in [1.29, 1.82) is 0 Å². The molecule has 1 aromatic carbocycles. The number of para-hydroxylation sites is 1. The lowest BCUT2D eigenvalue weighted by molar-refractivity contribution is -0.146. The van der Waals surface area contributed by atoms with E-state index in [2.05, 4.69) is 16.8 Å². The fourth-order valence-electron chi connectivity index (χ4n) is 3.08. The van der Waals surface area contributed by atoms with E-state index in [1.54, 1.807) is 6.20 Å². The lowest BCUT2D eigenvalue weighted by Gasteiger charge is -2.23. The first-order valence-corrected chi connectivity index (χ1v) is 8.04. The van der Waals surface area contributed by atoms with Crippen LogP contribution < -0.4 is 9.64 Å². The Morgan fingerprint density at radius 2 is 2.26 bits per heavy atom. The van der Waals surface area contributed by atoms with Gasteiger partial charge >= 0.3 is 5.97 Å². The summed E-state index contributed by atoms with van der Waals surface area (Å²) in [7, 11) is 0. The van der Waals surface area contributed by atoms with Gasteiger partial charge in [-0.2, -0.15) is 0 Å². The normalized spacial score (nSPS) is 20.9. The van der Waals surface area contributed by atoms with Crippen LogP contribution in [0.15, 0.2) is 30.5 Å². The largest absolute Gasteiger partial charge is 0.491 e. The number of carbonyl (C=O) groups is 1. The van der Waals surface area contributed by atoms with Gasteiger partial charge in [0.25, 0.3) is 0 Å². The van der Waals surface area contributed by atoms with Crippen LogP contribution in [0.2, 0.25) is 0 Å². The number of carboxylic acids is 1. The highest BCUT2D eigenvalue weighted by atomic mass is 16.5. The van der Waals surface area contributed by atoms with Crippen molar-refractivity contribution in [2.24, 2.45) is 5.41 Å². The van der Waals surface area contributed by atoms with Crippen LogP contribution in [0.25, 0.3) is 10.9 Å². The molecular formula is C18H22N2O3. The molecule has 5 nitrogen and oxygen atoms in total. The summed E-state index contributed by atoms with van der Waals surface area (Å²) in [6.07, 6.45) is 3.37. The predicted octanol–water partition coefficient (Wildman–Crippen LogP) is 3.32. The fraction of sp³-hybridized carbons (Fsp3) is 0.444. The number of anilines is 1. The van der Waals surface area contributed by atoms with Gasteiger partial charge in [-0.25, -0.2) is 0 Å². The van der Waals surface area contributed by atoms with E-state index in [4.69, 9.17) is 4.74 Å². The maximum absolute atomic E-state index is 11.5. The molecule has 1 aliphatic heterocycles. The molecule has 1 unspecified atom stereocenters. The van der Waals surface area contributed by atoms with Crippen LogP contribution in [0.3, 0.4) is 0 Å². The van der Waals surface area contributed by atoms with Gasteiger partial charge in [-0.05, 0) is 31.9 Å². The van der Waals surface area contributed by atoms with Gasteiger partial charge in [0.05, 0.1) is 12.0 Å². The molecule has 1 atom stereocenters. The summed E-state index contributed by atoms with van der Waals surface area (Å²) in [6, 6.07) is 7.87. The zero-order chi connectivity index (χ0) is 16.4. The Kier molecular flexibility index (Phi) is 4.11. The van der Waals surface area contributed by atoms with E-state index >= 15 is 0 Å². The lowest BCUT2D eigenvalue weighted by atomic mass is 9.90. The summed E-state index contributed by atoms with van der Waals surface area (Å²) in [5.74, 6) is 0.0525. The van der Waals surface area contributed by atoms with Crippen molar-refractivity contribution in [3.05, 3.63) is 30.5 Å². The number of carboxylic acid groups (broad SMARTS) is 1. The number of ether oxygens (including phenoxy) is 1. The van der Waals surface area contributed by atoms with Crippen molar-refractivity contribution >= 4 is 22.6 Å². The Morgan fingerprint density at radius 1 is 1.43 bits per heavy atom. The number of aliphatic carboxylic acids is 1. The number of pyridine rings is 1. The van der Waals surface area contributed by atoms with Crippen LogP contribution in [0.1, 0.15) is 26.7 Å². The molecule has 0 amide bonds. The minimum absolute atomic E-state index is 0.515. The number of fused-ring (bicyclic) bond motifs is 1. The average Bonchev–Trinajstić information content (AvgIpc) is 2.96. The zero-order valence-corrected chi connectivity index (χ0v) is 13.6. The van der Waals surface area contributed by atoms with Crippen LogP contribution >= 0.6 is 0 Å². The van der Waals surface area contributed by atoms with E-state index in [1.165, 1.54) is 0 Å². The van der Waals surface area contributed by atoms with Crippen LogP contribution in [0.5, 0.6) is 5.75 Å². The number of benzene rings is 1. The molecule has 0 spiro atoms. The number of nitrogens with zero attached hydrogens (tertiary/aromatic N) is 2. The molecule has 122 valence electrons. The molecule has 5 heteroatoms. The van der Waals surface area contributed by atoms with E-state index in [-0.39, 0.29) is 0 Å². The molecule has 1 aliphatic rings. The van der Waals surface area contributed by atoms with Gasteiger partial charge < -0.3 is 14.7 Å². The second-order valence-electron chi connectivity index (χ2n) is 6.37.